The van der Waals surface area contributed by atoms with E-state index in [2.05, 4.69) is 0 Å². The van der Waals surface area contributed by atoms with Crippen LogP contribution in [0.2, 0.25) is 5.02 Å². The highest BCUT2D eigenvalue weighted by Gasteiger charge is 2.19. The van der Waals surface area contributed by atoms with Crippen molar-refractivity contribution in [2.45, 2.75) is 16.6 Å². The van der Waals surface area contributed by atoms with Gasteiger partial charge in [-0.1, -0.05) is 41.9 Å². The first-order valence-electron chi connectivity index (χ1n) is 5.84. The summed E-state index contributed by atoms with van der Waals surface area (Å²) in [4.78, 5) is 12.2. The molecule has 2 nitrogen and oxygen atoms in total. The van der Waals surface area contributed by atoms with Gasteiger partial charge in [0, 0.05) is 9.92 Å². The van der Waals surface area contributed by atoms with Gasteiger partial charge in [-0.3, -0.25) is 4.79 Å². The second kappa shape index (κ2) is 6.64. The lowest BCUT2D eigenvalue weighted by Crippen LogP contribution is -2.19. The van der Waals surface area contributed by atoms with Crippen LogP contribution in [-0.2, 0) is 11.2 Å². The third kappa shape index (κ3) is 4.30. The predicted molar refractivity (Wildman–Crippen MR) is 78.9 cm³/mol. The van der Waals surface area contributed by atoms with Crippen molar-refractivity contribution < 1.29 is 9.90 Å². The summed E-state index contributed by atoms with van der Waals surface area (Å²) in [6.07, 6.45) is 0.503. The van der Waals surface area contributed by atoms with E-state index in [0.29, 0.717) is 11.4 Å². The maximum Gasteiger partial charge on any atom is 0.317 e. The largest absolute Gasteiger partial charge is 0.480 e. The van der Waals surface area contributed by atoms with E-state index in [-0.39, 0.29) is 0 Å². The molecule has 0 heterocycles. The van der Waals surface area contributed by atoms with Crippen molar-refractivity contribution in [3.63, 3.8) is 0 Å². The summed E-state index contributed by atoms with van der Waals surface area (Å²) in [5.41, 5.74) is 1.02. The SMILES string of the molecule is O=C(O)[C@H](Cc1ccccc1)Sc1ccc(Cl)cc1. The maximum absolute atomic E-state index is 11.3. The maximum atomic E-state index is 11.3. The molecule has 19 heavy (non-hydrogen) atoms. The van der Waals surface area contributed by atoms with Gasteiger partial charge >= 0.3 is 5.97 Å². The van der Waals surface area contributed by atoms with Crippen LogP contribution in [0.5, 0.6) is 0 Å². The van der Waals surface area contributed by atoms with E-state index >= 15 is 0 Å². The first kappa shape index (κ1) is 14.0. The summed E-state index contributed by atoms with van der Waals surface area (Å²) in [7, 11) is 0. The van der Waals surface area contributed by atoms with E-state index < -0.39 is 11.2 Å². The lowest BCUT2D eigenvalue weighted by molar-refractivity contribution is -0.136. The third-order valence-electron chi connectivity index (χ3n) is 2.63. The molecule has 0 aliphatic heterocycles. The summed E-state index contributed by atoms with van der Waals surface area (Å²) < 4.78 is 0. The van der Waals surface area contributed by atoms with E-state index in [4.69, 9.17) is 11.6 Å². The van der Waals surface area contributed by atoms with Gasteiger partial charge in [-0.2, -0.15) is 0 Å². The number of aliphatic carboxylic acids is 1. The average Bonchev–Trinajstić information content (AvgIpc) is 2.41. The van der Waals surface area contributed by atoms with Gasteiger partial charge in [0.05, 0.1) is 0 Å². The molecule has 0 fully saturated rings. The van der Waals surface area contributed by atoms with Crippen LogP contribution in [0.1, 0.15) is 5.56 Å². The van der Waals surface area contributed by atoms with Crippen molar-refractivity contribution in [3.05, 3.63) is 65.2 Å². The van der Waals surface area contributed by atoms with Crippen molar-refractivity contribution in [2.24, 2.45) is 0 Å². The summed E-state index contributed by atoms with van der Waals surface area (Å²) in [5, 5.41) is 9.46. The minimum Gasteiger partial charge on any atom is -0.480 e. The van der Waals surface area contributed by atoms with E-state index in [1.807, 2.05) is 42.5 Å². The number of hydrogen-bond donors (Lipinski definition) is 1. The standard InChI is InChI=1S/C15H13ClO2S/c16-12-6-8-13(9-7-12)19-14(15(17)18)10-11-4-2-1-3-5-11/h1-9,14H,10H2,(H,17,18)/t14-/m0/s1. The van der Waals surface area contributed by atoms with Gasteiger partial charge in [0.15, 0.2) is 0 Å². The smallest absolute Gasteiger partial charge is 0.317 e. The second-order valence-corrected chi connectivity index (χ2v) is 5.80. The highest BCUT2D eigenvalue weighted by molar-refractivity contribution is 8.00. The molecule has 0 amide bonds. The van der Waals surface area contributed by atoms with Crippen LogP contribution in [-0.4, -0.2) is 16.3 Å². The summed E-state index contributed by atoms with van der Waals surface area (Å²) in [6.45, 7) is 0. The van der Waals surface area contributed by atoms with Crippen LogP contribution >= 0.6 is 23.4 Å². The minimum atomic E-state index is -0.802. The van der Waals surface area contributed by atoms with Crippen LogP contribution in [0.3, 0.4) is 0 Å². The Morgan fingerprint density at radius 2 is 1.74 bits per heavy atom. The number of rotatable bonds is 5. The van der Waals surface area contributed by atoms with Gasteiger partial charge in [0.2, 0.25) is 0 Å². The fourth-order valence-corrected chi connectivity index (χ4v) is 2.81. The van der Waals surface area contributed by atoms with E-state index in [0.717, 1.165) is 10.5 Å². The fourth-order valence-electron chi connectivity index (χ4n) is 1.68. The average molecular weight is 293 g/mol. The number of carboxylic acid groups (broad SMARTS) is 1. The van der Waals surface area contributed by atoms with Gasteiger partial charge in [0.25, 0.3) is 0 Å². The van der Waals surface area contributed by atoms with Crippen LogP contribution < -0.4 is 0 Å². The zero-order chi connectivity index (χ0) is 13.7. The topological polar surface area (TPSA) is 37.3 Å². The Labute approximate surface area is 121 Å². The monoisotopic (exact) mass is 292 g/mol. The number of thioether (sulfide) groups is 1. The summed E-state index contributed by atoms with van der Waals surface area (Å²) >= 11 is 7.16. The van der Waals surface area contributed by atoms with Crippen molar-refractivity contribution in [1.29, 1.82) is 0 Å². The number of carboxylic acids is 1. The molecule has 2 aromatic rings. The van der Waals surface area contributed by atoms with Crippen molar-refractivity contribution >= 4 is 29.3 Å². The summed E-state index contributed by atoms with van der Waals surface area (Å²) in [5.74, 6) is -0.802. The first-order valence-corrected chi connectivity index (χ1v) is 7.10. The zero-order valence-corrected chi connectivity index (χ0v) is 11.7. The molecule has 0 saturated heterocycles. The molecular weight excluding hydrogens is 280 g/mol. The second-order valence-electron chi connectivity index (χ2n) is 4.09. The van der Waals surface area contributed by atoms with Crippen LogP contribution in [0.15, 0.2) is 59.5 Å². The molecule has 0 radical (unpaired) electrons. The van der Waals surface area contributed by atoms with Gasteiger partial charge in [-0.25, -0.2) is 0 Å². The Balaban J connectivity index is 2.08. The molecule has 2 rings (SSSR count). The van der Waals surface area contributed by atoms with Crippen LogP contribution in [0.4, 0.5) is 0 Å². The number of carbonyl (C=O) groups is 1. The highest BCUT2D eigenvalue weighted by atomic mass is 35.5. The van der Waals surface area contributed by atoms with Crippen molar-refractivity contribution in [1.82, 2.24) is 0 Å². The van der Waals surface area contributed by atoms with Gasteiger partial charge in [-0.15, -0.1) is 11.8 Å². The first-order chi connectivity index (χ1) is 9.15. The fraction of sp³-hybridized carbons (Fsp3) is 0.133. The normalized spacial score (nSPS) is 12.1. The van der Waals surface area contributed by atoms with Crippen LogP contribution in [0, 0.1) is 0 Å². The van der Waals surface area contributed by atoms with Crippen molar-refractivity contribution in [2.75, 3.05) is 0 Å². The van der Waals surface area contributed by atoms with E-state index in [1.54, 1.807) is 12.1 Å². The lowest BCUT2D eigenvalue weighted by atomic mass is 10.1. The molecule has 0 unspecified atom stereocenters. The third-order valence-corrected chi connectivity index (χ3v) is 4.08. The number of benzene rings is 2. The van der Waals surface area contributed by atoms with Crippen molar-refractivity contribution in [3.8, 4) is 0 Å². The molecule has 0 saturated carbocycles. The van der Waals surface area contributed by atoms with Gasteiger partial charge in [-0.05, 0) is 36.2 Å². The van der Waals surface area contributed by atoms with E-state index in [9.17, 15) is 9.90 Å². The Hall–Kier alpha value is -1.45. The molecule has 1 N–H and O–H groups in total. The Morgan fingerprint density at radius 3 is 2.32 bits per heavy atom. The molecule has 2 aromatic carbocycles. The zero-order valence-electron chi connectivity index (χ0n) is 10.1. The molecule has 0 aliphatic rings. The Kier molecular flexibility index (Phi) is 4.88. The predicted octanol–water partition coefficient (Wildman–Crippen LogP) is 4.13. The molecule has 4 heteroatoms. The molecular formula is C15H13ClO2S. The Bertz CT molecular complexity index is 540. The van der Waals surface area contributed by atoms with Gasteiger partial charge < -0.3 is 5.11 Å². The Morgan fingerprint density at radius 1 is 1.11 bits per heavy atom. The summed E-state index contributed by atoms with van der Waals surface area (Å²) in [6, 6.07) is 16.9. The lowest BCUT2D eigenvalue weighted by Gasteiger charge is -2.12. The highest BCUT2D eigenvalue weighted by Crippen LogP contribution is 2.27. The molecule has 98 valence electrons. The molecule has 0 spiro atoms. The number of halogens is 1. The number of hydrogen-bond acceptors (Lipinski definition) is 2. The minimum absolute atomic E-state index is 0.497. The molecule has 1 atom stereocenters. The molecule has 0 bridgehead atoms. The van der Waals surface area contributed by atoms with E-state index in [1.165, 1.54) is 11.8 Å². The molecule has 0 aliphatic carbocycles. The van der Waals surface area contributed by atoms with Crippen LogP contribution in [0.25, 0.3) is 0 Å². The molecule has 0 aromatic heterocycles. The quantitative estimate of drug-likeness (QED) is 0.842. The van der Waals surface area contributed by atoms with Gasteiger partial charge in [0.1, 0.15) is 5.25 Å².